The fourth-order valence-corrected chi connectivity index (χ4v) is 4.36. The molecule has 172 valence electrons. The third-order valence-electron chi connectivity index (χ3n) is 4.88. The number of sulfonamides is 1. The number of benzene rings is 3. The molecule has 0 aliphatic rings. The predicted octanol–water partition coefficient (Wildman–Crippen LogP) is 3.12. The molecule has 33 heavy (non-hydrogen) atoms. The topological polar surface area (TPSA) is 114 Å². The van der Waals surface area contributed by atoms with Crippen molar-refractivity contribution in [3.63, 3.8) is 0 Å². The first-order valence-electron chi connectivity index (χ1n) is 10.1. The molecule has 0 aliphatic heterocycles. The van der Waals surface area contributed by atoms with Gasteiger partial charge in [-0.1, -0.05) is 35.9 Å². The Kier molecular flexibility index (Phi) is 7.34. The SMILES string of the molecule is COc1ccc(CC(=O)NNC(=O)c2ccc(C)c(S(=O)(=O)Nc3ccc(C)cc3)c2)cc1. The minimum absolute atomic E-state index is 0.0275. The number of hydrogen-bond donors (Lipinski definition) is 3. The van der Waals surface area contributed by atoms with Gasteiger partial charge in [-0.05, 0) is 61.4 Å². The first-order chi connectivity index (χ1) is 15.7. The van der Waals surface area contributed by atoms with Crippen molar-refractivity contribution in [1.29, 1.82) is 0 Å². The highest BCUT2D eigenvalue weighted by Crippen LogP contribution is 2.21. The number of anilines is 1. The number of ether oxygens (including phenoxy) is 1. The van der Waals surface area contributed by atoms with Gasteiger partial charge in [-0.3, -0.25) is 25.2 Å². The maximum absolute atomic E-state index is 12.9. The van der Waals surface area contributed by atoms with Gasteiger partial charge in [0.25, 0.3) is 15.9 Å². The third-order valence-corrected chi connectivity index (χ3v) is 6.41. The second-order valence-electron chi connectivity index (χ2n) is 7.48. The van der Waals surface area contributed by atoms with E-state index in [1.165, 1.54) is 18.2 Å². The van der Waals surface area contributed by atoms with Gasteiger partial charge in [-0.2, -0.15) is 0 Å². The van der Waals surface area contributed by atoms with Crippen LogP contribution in [-0.2, 0) is 21.2 Å². The lowest BCUT2D eigenvalue weighted by Gasteiger charge is -2.13. The standard InChI is InChI=1S/C24H25N3O5S/c1-16-4-10-20(11-5-16)27-33(30,31)22-15-19(9-6-17(22)2)24(29)26-25-23(28)14-18-7-12-21(32-3)13-8-18/h4-13,15,27H,14H2,1-3H3,(H,25,28)(H,26,29). The van der Waals surface area contributed by atoms with Crippen molar-refractivity contribution < 1.29 is 22.7 Å². The fraction of sp³-hybridized carbons (Fsp3) is 0.167. The molecule has 0 spiro atoms. The van der Waals surface area contributed by atoms with Crippen molar-refractivity contribution in [2.24, 2.45) is 0 Å². The zero-order chi connectivity index (χ0) is 24.0. The van der Waals surface area contributed by atoms with Crippen LogP contribution in [0.2, 0.25) is 0 Å². The summed E-state index contributed by atoms with van der Waals surface area (Å²) in [4.78, 5) is 24.6. The fourth-order valence-electron chi connectivity index (χ4n) is 3.03. The molecular formula is C24H25N3O5S. The van der Waals surface area contributed by atoms with Gasteiger partial charge in [-0.15, -0.1) is 0 Å². The Morgan fingerprint density at radius 1 is 0.879 bits per heavy atom. The molecule has 3 aromatic rings. The number of rotatable bonds is 7. The van der Waals surface area contributed by atoms with E-state index in [0.29, 0.717) is 17.0 Å². The van der Waals surface area contributed by atoms with Crippen molar-refractivity contribution in [1.82, 2.24) is 10.9 Å². The molecule has 0 unspecified atom stereocenters. The number of hydrazine groups is 1. The van der Waals surface area contributed by atoms with E-state index in [4.69, 9.17) is 4.74 Å². The van der Waals surface area contributed by atoms with Gasteiger partial charge in [0.2, 0.25) is 5.91 Å². The van der Waals surface area contributed by atoms with E-state index in [1.54, 1.807) is 62.6 Å². The smallest absolute Gasteiger partial charge is 0.269 e. The van der Waals surface area contributed by atoms with E-state index in [1.807, 2.05) is 6.92 Å². The predicted molar refractivity (Wildman–Crippen MR) is 125 cm³/mol. The van der Waals surface area contributed by atoms with Crippen LogP contribution in [0.25, 0.3) is 0 Å². The van der Waals surface area contributed by atoms with Gasteiger partial charge in [0.05, 0.1) is 18.4 Å². The molecule has 0 aliphatic carbocycles. The molecule has 2 amide bonds. The Morgan fingerprint density at radius 3 is 2.18 bits per heavy atom. The summed E-state index contributed by atoms with van der Waals surface area (Å²) >= 11 is 0. The van der Waals surface area contributed by atoms with Crippen molar-refractivity contribution in [2.45, 2.75) is 25.2 Å². The quantitative estimate of drug-likeness (QED) is 0.462. The van der Waals surface area contributed by atoms with Gasteiger partial charge in [0.1, 0.15) is 5.75 Å². The highest BCUT2D eigenvalue weighted by atomic mass is 32.2. The monoisotopic (exact) mass is 467 g/mol. The molecule has 0 aromatic heterocycles. The highest BCUT2D eigenvalue weighted by Gasteiger charge is 2.19. The number of nitrogens with one attached hydrogen (secondary N) is 3. The molecule has 8 nitrogen and oxygen atoms in total. The molecule has 0 bridgehead atoms. The lowest BCUT2D eigenvalue weighted by molar-refractivity contribution is -0.121. The van der Waals surface area contributed by atoms with Crippen molar-refractivity contribution in [3.8, 4) is 5.75 Å². The van der Waals surface area contributed by atoms with Gasteiger partial charge < -0.3 is 4.74 Å². The summed E-state index contributed by atoms with van der Waals surface area (Å²) in [5, 5.41) is 0. The maximum Gasteiger partial charge on any atom is 0.269 e. The molecule has 0 fully saturated rings. The van der Waals surface area contributed by atoms with Crippen molar-refractivity contribution in [2.75, 3.05) is 11.8 Å². The van der Waals surface area contributed by atoms with Gasteiger partial charge in [0, 0.05) is 11.3 Å². The van der Waals surface area contributed by atoms with Crippen LogP contribution in [0.3, 0.4) is 0 Å². The molecule has 3 aromatic carbocycles. The van der Waals surface area contributed by atoms with Crippen LogP contribution in [0, 0.1) is 13.8 Å². The summed E-state index contributed by atoms with van der Waals surface area (Å²) < 4.78 is 33.3. The Bertz CT molecular complexity index is 1250. The first-order valence-corrected chi connectivity index (χ1v) is 11.6. The van der Waals surface area contributed by atoms with Crippen LogP contribution in [0.5, 0.6) is 5.75 Å². The number of methoxy groups -OCH3 is 1. The van der Waals surface area contributed by atoms with Gasteiger partial charge in [0.15, 0.2) is 0 Å². The molecular weight excluding hydrogens is 442 g/mol. The van der Waals surface area contributed by atoms with E-state index >= 15 is 0 Å². The zero-order valence-corrected chi connectivity index (χ0v) is 19.3. The summed E-state index contributed by atoms with van der Waals surface area (Å²) in [6.45, 7) is 3.54. The summed E-state index contributed by atoms with van der Waals surface area (Å²) in [5.74, 6) is -0.381. The van der Waals surface area contributed by atoms with E-state index < -0.39 is 21.8 Å². The normalized spacial score (nSPS) is 10.9. The number of hydrogen-bond acceptors (Lipinski definition) is 5. The molecule has 0 atom stereocenters. The molecule has 3 rings (SSSR count). The van der Waals surface area contributed by atoms with Crippen LogP contribution in [0.4, 0.5) is 5.69 Å². The molecule has 0 radical (unpaired) electrons. The van der Waals surface area contributed by atoms with E-state index in [-0.39, 0.29) is 16.9 Å². The lowest BCUT2D eigenvalue weighted by atomic mass is 10.1. The maximum atomic E-state index is 12.9. The second-order valence-corrected chi connectivity index (χ2v) is 9.13. The number of aryl methyl sites for hydroxylation is 2. The van der Waals surface area contributed by atoms with Gasteiger partial charge in [-0.25, -0.2) is 8.42 Å². The van der Waals surface area contributed by atoms with E-state index in [9.17, 15) is 18.0 Å². The Balaban J connectivity index is 1.66. The summed E-state index contributed by atoms with van der Waals surface area (Å²) in [6, 6.07) is 18.2. The minimum Gasteiger partial charge on any atom is -0.497 e. The molecule has 3 N–H and O–H groups in total. The zero-order valence-electron chi connectivity index (χ0n) is 18.5. The van der Waals surface area contributed by atoms with Gasteiger partial charge >= 0.3 is 0 Å². The number of amides is 2. The van der Waals surface area contributed by atoms with Crippen LogP contribution in [-0.4, -0.2) is 27.3 Å². The third kappa shape index (κ3) is 6.33. The van der Waals surface area contributed by atoms with Crippen LogP contribution in [0.15, 0.2) is 71.6 Å². The Labute approximate surface area is 193 Å². The molecule has 0 saturated heterocycles. The summed E-state index contributed by atoms with van der Waals surface area (Å²) in [5.41, 5.74) is 7.39. The number of carbonyl (C=O) groups excluding carboxylic acids is 2. The van der Waals surface area contributed by atoms with E-state index in [0.717, 1.165) is 11.1 Å². The van der Waals surface area contributed by atoms with Crippen LogP contribution in [0.1, 0.15) is 27.0 Å². The van der Waals surface area contributed by atoms with Crippen molar-refractivity contribution in [3.05, 3.63) is 89.0 Å². The van der Waals surface area contributed by atoms with Crippen molar-refractivity contribution >= 4 is 27.5 Å². The average molecular weight is 468 g/mol. The Hall–Kier alpha value is -3.85. The Morgan fingerprint density at radius 2 is 1.55 bits per heavy atom. The number of carbonyl (C=O) groups is 2. The van der Waals surface area contributed by atoms with Crippen LogP contribution >= 0.6 is 0 Å². The summed E-state index contributed by atoms with van der Waals surface area (Å²) in [7, 11) is -2.37. The van der Waals surface area contributed by atoms with Crippen LogP contribution < -0.4 is 20.3 Å². The molecule has 9 heteroatoms. The average Bonchev–Trinajstić information content (AvgIpc) is 2.79. The lowest BCUT2D eigenvalue weighted by Crippen LogP contribution is -2.42. The molecule has 0 saturated carbocycles. The highest BCUT2D eigenvalue weighted by molar-refractivity contribution is 7.92. The second kappa shape index (κ2) is 10.2. The first kappa shape index (κ1) is 23.8. The largest absolute Gasteiger partial charge is 0.497 e. The summed E-state index contributed by atoms with van der Waals surface area (Å²) in [6.07, 6.45) is 0.0538. The van der Waals surface area contributed by atoms with E-state index in [2.05, 4.69) is 15.6 Å². The minimum atomic E-state index is -3.92. The molecule has 0 heterocycles.